The van der Waals surface area contributed by atoms with Crippen LogP contribution in [0.15, 0.2) is 12.1 Å². The van der Waals surface area contributed by atoms with Crippen LogP contribution >= 0.6 is 11.6 Å². The molecule has 0 aliphatic heterocycles. The average molecular weight is 290 g/mol. The van der Waals surface area contributed by atoms with Gasteiger partial charge >= 0.3 is 0 Å². The number of rotatable bonds is 6. The molecule has 0 spiro atoms. The van der Waals surface area contributed by atoms with Gasteiger partial charge in [-0.25, -0.2) is 0 Å². The van der Waals surface area contributed by atoms with Crippen molar-refractivity contribution >= 4 is 17.5 Å². The molecule has 1 amide bonds. The second kappa shape index (κ2) is 7.18. The highest BCUT2D eigenvalue weighted by Gasteiger charge is 2.17. The summed E-state index contributed by atoms with van der Waals surface area (Å²) in [6.07, 6.45) is 0. The van der Waals surface area contributed by atoms with Crippen LogP contribution in [0.4, 0.5) is 0 Å². The Morgan fingerprint density at radius 2 is 1.95 bits per heavy atom. The normalized spacial score (nSPS) is 10.4. The van der Waals surface area contributed by atoms with E-state index in [1.54, 1.807) is 0 Å². The Hall–Kier alpha value is -1.50. The molecule has 19 heavy (non-hydrogen) atoms. The minimum Gasteiger partial charge on any atom is -0.493 e. The predicted octanol–water partition coefficient (Wildman–Crippen LogP) is 0.440. The molecule has 0 heterocycles. The highest BCUT2D eigenvalue weighted by Crippen LogP contribution is 2.35. The molecule has 1 aromatic carbocycles. The molecule has 0 aromatic heterocycles. The van der Waals surface area contributed by atoms with Crippen LogP contribution in [0.1, 0.15) is 10.4 Å². The van der Waals surface area contributed by atoms with Gasteiger partial charge in [-0.1, -0.05) is 11.6 Å². The third kappa shape index (κ3) is 3.73. The lowest BCUT2D eigenvalue weighted by Gasteiger charge is -2.15. The van der Waals surface area contributed by atoms with Crippen molar-refractivity contribution in [3.05, 3.63) is 22.7 Å². The zero-order chi connectivity index (χ0) is 14.4. The lowest BCUT2D eigenvalue weighted by molar-refractivity contribution is 0.0879. The van der Waals surface area contributed by atoms with Gasteiger partial charge in [-0.3, -0.25) is 4.79 Å². The predicted molar refractivity (Wildman–Crippen MR) is 70.0 cm³/mol. The van der Waals surface area contributed by atoms with E-state index in [-0.39, 0.29) is 23.8 Å². The van der Waals surface area contributed by atoms with E-state index in [1.165, 1.54) is 26.4 Å². The number of nitrogens with one attached hydrogen (secondary N) is 1. The number of aliphatic hydroxyl groups is 2. The number of benzene rings is 1. The van der Waals surface area contributed by atoms with Crippen molar-refractivity contribution in [2.75, 3.05) is 27.4 Å². The summed E-state index contributed by atoms with van der Waals surface area (Å²) in [5.41, 5.74) is 0.245. The fraction of sp³-hybridized carbons (Fsp3) is 0.417. The summed E-state index contributed by atoms with van der Waals surface area (Å²) in [6, 6.07) is 2.16. The Labute approximate surface area is 115 Å². The van der Waals surface area contributed by atoms with E-state index < -0.39 is 11.9 Å². The first-order valence-electron chi connectivity index (χ1n) is 5.51. The molecule has 7 heteroatoms. The van der Waals surface area contributed by atoms with Gasteiger partial charge in [-0.2, -0.15) is 0 Å². The highest BCUT2D eigenvalue weighted by atomic mass is 35.5. The summed E-state index contributed by atoms with van der Waals surface area (Å²) in [7, 11) is 2.87. The smallest absolute Gasteiger partial charge is 0.251 e. The molecular formula is C12H16ClNO5. The van der Waals surface area contributed by atoms with Crippen molar-refractivity contribution in [3.63, 3.8) is 0 Å². The maximum Gasteiger partial charge on any atom is 0.251 e. The van der Waals surface area contributed by atoms with Crippen LogP contribution in [0.5, 0.6) is 11.5 Å². The number of aliphatic hydroxyl groups excluding tert-OH is 2. The Bertz CT molecular complexity index is 448. The first kappa shape index (κ1) is 15.6. The van der Waals surface area contributed by atoms with Crippen LogP contribution in [0, 0.1) is 0 Å². The standard InChI is InChI=1S/C12H16ClNO5/c1-18-10-4-7(3-9(13)11(10)19-2)12(17)14-8(5-15)6-16/h3-4,8,15-16H,5-6H2,1-2H3,(H,14,17). The molecule has 0 saturated heterocycles. The number of amides is 1. The summed E-state index contributed by atoms with van der Waals surface area (Å²) in [4.78, 5) is 11.9. The van der Waals surface area contributed by atoms with Gasteiger partial charge in [0.2, 0.25) is 0 Å². The number of carbonyl (C=O) groups is 1. The van der Waals surface area contributed by atoms with Crippen molar-refractivity contribution in [1.29, 1.82) is 0 Å². The van der Waals surface area contributed by atoms with Crippen molar-refractivity contribution in [2.24, 2.45) is 0 Å². The molecule has 0 saturated carbocycles. The molecule has 0 fully saturated rings. The fourth-order valence-electron chi connectivity index (χ4n) is 1.47. The van der Waals surface area contributed by atoms with E-state index in [0.29, 0.717) is 11.5 Å². The zero-order valence-corrected chi connectivity index (χ0v) is 11.4. The second-order valence-electron chi connectivity index (χ2n) is 3.73. The molecule has 3 N–H and O–H groups in total. The SMILES string of the molecule is COc1cc(C(=O)NC(CO)CO)cc(Cl)c1OC. The molecular weight excluding hydrogens is 274 g/mol. The first-order valence-corrected chi connectivity index (χ1v) is 5.89. The van der Waals surface area contributed by atoms with Gasteiger partial charge in [-0.15, -0.1) is 0 Å². The monoisotopic (exact) mass is 289 g/mol. The number of ether oxygens (including phenoxy) is 2. The lowest BCUT2D eigenvalue weighted by atomic mass is 10.1. The molecule has 1 rings (SSSR count). The topological polar surface area (TPSA) is 88.0 Å². The molecule has 0 atom stereocenters. The van der Waals surface area contributed by atoms with Gasteiger partial charge in [0.25, 0.3) is 5.91 Å². The largest absolute Gasteiger partial charge is 0.493 e. The van der Waals surface area contributed by atoms with Crippen LogP contribution in [0.25, 0.3) is 0 Å². The average Bonchev–Trinajstić information content (AvgIpc) is 2.43. The van der Waals surface area contributed by atoms with E-state index >= 15 is 0 Å². The van der Waals surface area contributed by atoms with Gasteiger partial charge in [0.05, 0.1) is 38.5 Å². The summed E-state index contributed by atoms with van der Waals surface area (Å²) in [5.74, 6) is 0.183. The van der Waals surface area contributed by atoms with Gasteiger partial charge in [-0.05, 0) is 12.1 Å². The van der Waals surface area contributed by atoms with Crippen LogP contribution in [-0.4, -0.2) is 49.6 Å². The second-order valence-corrected chi connectivity index (χ2v) is 4.14. The molecule has 6 nitrogen and oxygen atoms in total. The van der Waals surface area contributed by atoms with Crippen molar-refractivity contribution in [2.45, 2.75) is 6.04 Å². The third-order valence-electron chi connectivity index (χ3n) is 2.47. The summed E-state index contributed by atoms with van der Waals surface area (Å²) in [5, 5.41) is 20.5. The van der Waals surface area contributed by atoms with Crippen molar-refractivity contribution < 1.29 is 24.5 Å². The molecule has 0 radical (unpaired) electrons. The Morgan fingerprint density at radius 1 is 1.32 bits per heavy atom. The van der Waals surface area contributed by atoms with Crippen LogP contribution in [-0.2, 0) is 0 Å². The van der Waals surface area contributed by atoms with E-state index in [0.717, 1.165) is 0 Å². The lowest BCUT2D eigenvalue weighted by Crippen LogP contribution is -2.40. The molecule has 0 aliphatic carbocycles. The van der Waals surface area contributed by atoms with E-state index in [2.05, 4.69) is 5.32 Å². The quantitative estimate of drug-likeness (QED) is 0.707. The highest BCUT2D eigenvalue weighted by molar-refractivity contribution is 6.32. The Kier molecular flexibility index (Phi) is 5.88. The van der Waals surface area contributed by atoms with Gasteiger partial charge in [0.15, 0.2) is 11.5 Å². The fourth-order valence-corrected chi connectivity index (χ4v) is 1.75. The maximum atomic E-state index is 11.9. The van der Waals surface area contributed by atoms with Crippen molar-refractivity contribution in [1.82, 2.24) is 5.32 Å². The van der Waals surface area contributed by atoms with Gasteiger partial charge in [0.1, 0.15) is 0 Å². The van der Waals surface area contributed by atoms with E-state index in [1.807, 2.05) is 0 Å². The minimum absolute atomic E-state index is 0.233. The third-order valence-corrected chi connectivity index (χ3v) is 2.75. The van der Waals surface area contributed by atoms with E-state index in [9.17, 15) is 4.79 Å². The molecule has 0 aliphatic rings. The summed E-state index contributed by atoms with van der Waals surface area (Å²) >= 11 is 5.98. The minimum atomic E-state index is -0.723. The molecule has 106 valence electrons. The Morgan fingerprint density at radius 3 is 2.42 bits per heavy atom. The number of methoxy groups -OCH3 is 2. The van der Waals surface area contributed by atoms with Crippen LogP contribution < -0.4 is 14.8 Å². The molecule has 0 unspecified atom stereocenters. The van der Waals surface area contributed by atoms with Crippen LogP contribution in [0.2, 0.25) is 5.02 Å². The maximum absolute atomic E-state index is 11.9. The summed E-state index contributed by atoms with van der Waals surface area (Å²) < 4.78 is 10.1. The van der Waals surface area contributed by atoms with Gasteiger partial charge < -0.3 is 25.0 Å². The molecule has 0 bridgehead atoms. The zero-order valence-electron chi connectivity index (χ0n) is 10.6. The number of halogens is 1. The van der Waals surface area contributed by atoms with Crippen molar-refractivity contribution in [3.8, 4) is 11.5 Å². The first-order chi connectivity index (χ1) is 9.07. The van der Waals surface area contributed by atoms with E-state index in [4.69, 9.17) is 31.3 Å². The molecule has 1 aromatic rings. The van der Waals surface area contributed by atoms with Crippen LogP contribution in [0.3, 0.4) is 0 Å². The number of carbonyl (C=O) groups excluding carboxylic acids is 1. The Balaban J connectivity index is 3.01. The number of hydrogen-bond acceptors (Lipinski definition) is 5. The van der Waals surface area contributed by atoms with Gasteiger partial charge in [0, 0.05) is 5.56 Å². The number of hydrogen-bond donors (Lipinski definition) is 3. The summed E-state index contributed by atoms with van der Waals surface area (Å²) in [6.45, 7) is -0.716.